The Labute approximate surface area is 150 Å². The van der Waals surface area contributed by atoms with Crippen LogP contribution in [0.3, 0.4) is 0 Å². The maximum Gasteiger partial charge on any atom is 0.249 e. The van der Waals surface area contributed by atoms with Crippen LogP contribution >= 0.6 is 0 Å². The van der Waals surface area contributed by atoms with Crippen molar-refractivity contribution in [2.75, 3.05) is 23.4 Å². The molecule has 2 aromatic rings. The summed E-state index contributed by atoms with van der Waals surface area (Å²) in [6, 6.07) is 4.21. The highest BCUT2D eigenvalue weighted by atomic mass is 19.1. The molecule has 0 radical (unpaired) electrons. The molecule has 0 bridgehead atoms. The summed E-state index contributed by atoms with van der Waals surface area (Å²) in [6.45, 7) is 1.92. The Morgan fingerprint density at radius 1 is 1.15 bits per heavy atom. The number of phenols is 1. The van der Waals surface area contributed by atoms with Crippen molar-refractivity contribution < 1.29 is 9.50 Å². The number of piperidine rings is 1. The van der Waals surface area contributed by atoms with Gasteiger partial charge in [0, 0.05) is 18.0 Å². The molecule has 5 N–H and O–H groups in total. The van der Waals surface area contributed by atoms with Crippen molar-refractivity contribution in [3.8, 4) is 5.75 Å². The minimum atomic E-state index is -0.748. The molecule has 2 aliphatic rings. The van der Waals surface area contributed by atoms with Gasteiger partial charge in [0.2, 0.25) is 11.9 Å². The van der Waals surface area contributed by atoms with E-state index in [-0.39, 0.29) is 5.95 Å². The van der Waals surface area contributed by atoms with Crippen LogP contribution in [-0.2, 0) is 0 Å². The standard InChI is InChI=1S/C17H22FN7O/c18-13-9-12(3-4-14(13)26)25(19)17-23-15(10-1-2-10)22-16(24-17)21-11-5-7-20-8-6-11/h3-4,9-11,20,26H,1-2,5-8,19H2,(H,21,22,23,24). The molecule has 4 rings (SSSR count). The highest BCUT2D eigenvalue weighted by Gasteiger charge is 2.29. The summed E-state index contributed by atoms with van der Waals surface area (Å²) in [5.74, 6) is 6.74. The average Bonchev–Trinajstić information content (AvgIpc) is 3.49. The van der Waals surface area contributed by atoms with Gasteiger partial charge in [-0.25, -0.2) is 15.2 Å². The monoisotopic (exact) mass is 359 g/mol. The summed E-state index contributed by atoms with van der Waals surface area (Å²) in [6.07, 6.45) is 4.09. The smallest absolute Gasteiger partial charge is 0.249 e. The van der Waals surface area contributed by atoms with Crippen molar-refractivity contribution in [2.24, 2.45) is 5.84 Å². The molecule has 138 valence electrons. The van der Waals surface area contributed by atoms with E-state index in [1.165, 1.54) is 17.1 Å². The first-order chi connectivity index (χ1) is 12.6. The summed E-state index contributed by atoms with van der Waals surface area (Å²) in [4.78, 5) is 13.4. The number of hydrogen-bond acceptors (Lipinski definition) is 8. The number of aromatic hydroxyl groups is 1. The number of hydrogen-bond donors (Lipinski definition) is 4. The first kappa shape index (κ1) is 16.9. The molecule has 1 aromatic carbocycles. The Morgan fingerprint density at radius 3 is 2.62 bits per heavy atom. The van der Waals surface area contributed by atoms with Gasteiger partial charge in [0.1, 0.15) is 5.82 Å². The van der Waals surface area contributed by atoms with Crippen molar-refractivity contribution in [3.05, 3.63) is 29.8 Å². The lowest BCUT2D eigenvalue weighted by atomic mass is 10.1. The van der Waals surface area contributed by atoms with Crippen LogP contribution in [-0.4, -0.2) is 39.2 Å². The van der Waals surface area contributed by atoms with E-state index in [1.807, 2.05) is 0 Å². The Morgan fingerprint density at radius 2 is 1.92 bits per heavy atom. The number of aromatic nitrogens is 3. The van der Waals surface area contributed by atoms with Gasteiger partial charge in [-0.15, -0.1) is 0 Å². The van der Waals surface area contributed by atoms with Crippen molar-refractivity contribution in [1.29, 1.82) is 0 Å². The molecule has 1 saturated heterocycles. The van der Waals surface area contributed by atoms with Crippen LogP contribution in [0.5, 0.6) is 5.75 Å². The van der Waals surface area contributed by atoms with Gasteiger partial charge in [-0.2, -0.15) is 15.0 Å². The molecule has 0 unspecified atom stereocenters. The number of nitrogens with zero attached hydrogens (tertiary/aromatic N) is 4. The second kappa shape index (κ2) is 7.00. The molecule has 1 aliphatic heterocycles. The van der Waals surface area contributed by atoms with Crippen molar-refractivity contribution in [3.63, 3.8) is 0 Å². The molecule has 2 fully saturated rings. The van der Waals surface area contributed by atoms with E-state index in [4.69, 9.17) is 5.84 Å². The summed E-state index contributed by atoms with van der Waals surface area (Å²) < 4.78 is 13.7. The van der Waals surface area contributed by atoms with E-state index in [2.05, 4.69) is 25.6 Å². The molecular formula is C17H22FN7O. The minimum Gasteiger partial charge on any atom is -0.505 e. The van der Waals surface area contributed by atoms with Crippen LogP contribution in [0.15, 0.2) is 18.2 Å². The maximum atomic E-state index is 13.7. The first-order valence-electron chi connectivity index (χ1n) is 8.87. The van der Waals surface area contributed by atoms with Crippen molar-refractivity contribution in [1.82, 2.24) is 20.3 Å². The molecule has 1 aliphatic carbocycles. The lowest BCUT2D eigenvalue weighted by Crippen LogP contribution is -2.36. The molecular weight excluding hydrogens is 337 g/mol. The third-order valence-corrected chi connectivity index (χ3v) is 4.68. The van der Waals surface area contributed by atoms with Gasteiger partial charge in [-0.1, -0.05) is 0 Å². The molecule has 1 saturated carbocycles. The zero-order valence-electron chi connectivity index (χ0n) is 14.3. The van der Waals surface area contributed by atoms with Crippen LogP contribution in [0.2, 0.25) is 0 Å². The van der Waals surface area contributed by atoms with Gasteiger partial charge in [0.15, 0.2) is 11.6 Å². The molecule has 0 amide bonds. The highest BCUT2D eigenvalue weighted by Crippen LogP contribution is 2.39. The van der Waals surface area contributed by atoms with Gasteiger partial charge in [-0.3, -0.25) is 0 Å². The van der Waals surface area contributed by atoms with Crippen LogP contribution in [0.4, 0.5) is 22.0 Å². The van der Waals surface area contributed by atoms with Crippen molar-refractivity contribution in [2.45, 2.75) is 37.6 Å². The normalized spacial score (nSPS) is 17.9. The van der Waals surface area contributed by atoms with Gasteiger partial charge in [0.25, 0.3) is 0 Å². The third-order valence-electron chi connectivity index (χ3n) is 4.68. The topological polar surface area (TPSA) is 112 Å². The van der Waals surface area contributed by atoms with Crippen LogP contribution < -0.4 is 21.5 Å². The Hall–Kier alpha value is -2.52. The van der Waals surface area contributed by atoms with Gasteiger partial charge < -0.3 is 15.7 Å². The summed E-state index contributed by atoms with van der Waals surface area (Å²) >= 11 is 0. The molecule has 1 aromatic heterocycles. The van der Waals surface area contributed by atoms with E-state index in [9.17, 15) is 9.50 Å². The number of halogens is 1. The van der Waals surface area contributed by atoms with E-state index < -0.39 is 11.6 Å². The number of anilines is 3. The van der Waals surface area contributed by atoms with Crippen LogP contribution in [0, 0.1) is 5.82 Å². The van der Waals surface area contributed by atoms with Gasteiger partial charge in [0.05, 0.1) is 5.69 Å². The Kier molecular flexibility index (Phi) is 4.56. The number of phenolic OH excluding ortho intramolecular Hbond substituents is 1. The maximum absolute atomic E-state index is 13.7. The average molecular weight is 359 g/mol. The zero-order valence-corrected chi connectivity index (χ0v) is 14.3. The molecule has 0 atom stereocenters. The fourth-order valence-electron chi connectivity index (χ4n) is 2.99. The van der Waals surface area contributed by atoms with Gasteiger partial charge in [-0.05, 0) is 50.9 Å². The predicted molar refractivity (Wildman–Crippen MR) is 95.7 cm³/mol. The molecule has 0 spiro atoms. The van der Waals surface area contributed by atoms with E-state index in [0.29, 0.717) is 29.4 Å². The summed E-state index contributed by atoms with van der Waals surface area (Å²) in [7, 11) is 0. The number of hydrazine groups is 1. The number of nitrogens with one attached hydrogen (secondary N) is 2. The lowest BCUT2D eigenvalue weighted by Gasteiger charge is -2.24. The van der Waals surface area contributed by atoms with Gasteiger partial charge >= 0.3 is 0 Å². The zero-order chi connectivity index (χ0) is 18.1. The Balaban J connectivity index is 1.62. The minimum absolute atomic E-state index is 0.253. The largest absolute Gasteiger partial charge is 0.505 e. The van der Waals surface area contributed by atoms with E-state index >= 15 is 0 Å². The third kappa shape index (κ3) is 3.68. The fourth-order valence-corrected chi connectivity index (χ4v) is 2.99. The van der Waals surface area contributed by atoms with E-state index in [1.54, 1.807) is 0 Å². The van der Waals surface area contributed by atoms with Crippen molar-refractivity contribution >= 4 is 17.6 Å². The second-order valence-corrected chi connectivity index (χ2v) is 6.77. The number of rotatable bonds is 5. The molecule has 8 nitrogen and oxygen atoms in total. The lowest BCUT2D eigenvalue weighted by molar-refractivity contribution is 0.432. The predicted octanol–water partition coefficient (Wildman–Crippen LogP) is 1.77. The Bertz CT molecular complexity index is 793. The summed E-state index contributed by atoms with van der Waals surface area (Å²) in [5.41, 5.74) is 0.348. The molecule has 26 heavy (non-hydrogen) atoms. The van der Waals surface area contributed by atoms with Crippen LogP contribution in [0.25, 0.3) is 0 Å². The fraction of sp³-hybridized carbons (Fsp3) is 0.471. The SMILES string of the molecule is NN(c1ccc(O)c(F)c1)c1nc(NC2CCNCC2)nc(C2CC2)n1. The molecule has 2 heterocycles. The number of benzene rings is 1. The first-order valence-corrected chi connectivity index (χ1v) is 8.87. The summed E-state index contributed by atoms with van der Waals surface area (Å²) in [5, 5.41) is 17.3. The quantitative estimate of drug-likeness (QED) is 0.472. The highest BCUT2D eigenvalue weighted by molar-refractivity contribution is 5.57. The number of nitrogens with two attached hydrogens (primary N) is 1. The molecule has 9 heteroatoms. The van der Waals surface area contributed by atoms with Crippen LogP contribution in [0.1, 0.15) is 37.4 Å². The van der Waals surface area contributed by atoms with E-state index in [0.717, 1.165) is 44.8 Å². The second-order valence-electron chi connectivity index (χ2n) is 6.77.